The predicted molar refractivity (Wildman–Crippen MR) is 77.9 cm³/mol. The highest BCUT2D eigenvalue weighted by atomic mass is 35.5. The van der Waals surface area contributed by atoms with Crippen molar-refractivity contribution in [3.05, 3.63) is 46.1 Å². The minimum absolute atomic E-state index is 0.0111. The molecule has 108 valence electrons. The van der Waals surface area contributed by atoms with Crippen LogP contribution in [0.25, 0.3) is 0 Å². The largest absolute Gasteiger partial charge is 0.332 e. The molecular formula is C14H13ClN4O2. The molecule has 1 aromatic heterocycles. The Morgan fingerprint density at radius 1 is 1.29 bits per heavy atom. The van der Waals surface area contributed by atoms with E-state index in [1.807, 2.05) is 0 Å². The van der Waals surface area contributed by atoms with Gasteiger partial charge in [0.2, 0.25) is 5.91 Å². The summed E-state index contributed by atoms with van der Waals surface area (Å²) in [5.41, 5.74) is 2.15. The van der Waals surface area contributed by atoms with Gasteiger partial charge in [-0.15, -0.1) is 0 Å². The number of rotatable bonds is 2. The summed E-state index contributed by atoms with van der Waals surface area (Å²) in [4.78, 5) is 25.2. The minimum atomic E-state index is -0.251. The first-order chi connectivity index (χ1) is 10.0. The van der Waals surface area contributed by atoms with Gasteiger partial charge < -0.3 is 10.2 Å². The second-order valence-electron chi connectivity index (χ2n) is 4.86. The third-order valence-electron chi connectivity index (χ3n) is 3.43. The molecular weight excluding hydrogens is 292 g/mol. The summed E-state index contributed by atoms with van der Waals surface area (Å²) in [6.07, 6.45) is 0. The number of aromatic nitrogens is 2. The van der Waals surface area contributed by atoms with Crippen LogP contribution in [-0.2, 0) is 17.9 Å². The number of carbonyl (C=O) groups excluding carboxylic acids is 2. The Balaban J connectivity index is 1.77. The van der Waals surface area contributed by atoms with E-state index in [0.29, 0.717) is 29.5 Å². The van der Waals surface area contributed by atoms with Gasteiger partial charge in [0.05, 0.1) is 18.8 Å². The number of halogens is 1. The molecule has 2 heterocycles. The van der Waals surface area contributed by atoms with Crippen molar-refractivity contribution in [1.29, 1.82) is 0 Å². The topological polar surface area (TPSA) is 78.1 Å². The molecule has 0 radical (unpaired) electrons. The Kier molecular flexibility index (Phi) is 3.39. The Hall–Kier alpha value is -2.34. The van der Waals surface area contributed by atoms with E-state index in [1.54, 1.807) is 29.2 Å². The van der Waals surface area contributed by atoms with Crippen LogP contribution in [0.5, 0.6) is 0 Å². The Bertz CT molecular complexity index is 708. The third kappa shape index (κ3) is 2.62. The molecule has 1 aromatic carbocycles. The average Bonchev–Trinajstić information content (AvgIpc) is 3.01. The molecule has 0 aliphatic carbocycles. The number of hydrogen-bond donors (Lipinski definition) is 2. The zero-order chi connectivity index (χ0) is 15.0. The molecule has 2 N–H and O–H groups in total. The van der Waals surface area contributed by atoms with Gasteiger partial charge in [0.15, 0.2) is 0 Å². The lowest BCUT2D eigenvalue weighted by molar-refractivity contribution is -0.129. The zero-order valence-electron chi connectivity index (χ0n) is 11.3. The van der Waals surface area contributed by atoms with Crippen LogP contribution in [-0.4, -0.2) is 26.9 Å². The number of H-pyrrole nitrogens is 1. The van der Waals surface area contributed by atoms with Gasteiger partial charge in [-0.25, -0.2) is 0 Å². The molecule has 3 rings (SSSR count). The maximum atomic E-state index is 12.2. The van der Waals surface area contributed by atoms with Gasteiger partial charge >= 0.3 is 0 Å². The third-order valence-corrected chi connectivity index (χ3v) is 3.68. The number of carbonyl (C=O) groups is 2. The molecule has 0 atom stereocenters. The molecule has 0 saturated heterocycles. The van der Waals surface area contributed by atoms with Crippen LogP contribution >= 0.6 is 11.6 Å². The van der Waals surface area contributed by atoms with Crippen molar-refractivity contribution in [2.45, 2.75) is 20.0 Å². The fourth-order valence-corrected chi connectivity index (χ4v) is 2.37. The van der Waals surface area contributed by atoms with E-state index in [0.717, 1.165) is 11.3 Å². The number of benzene rings is 1. The Morgan fingerprint density at radius 2 is 2.00 bits per heavy atom. The normalized spacial score (nSPS) is 13.1. The summed E-state index contributed by atoms with van der Waals surface area (Å²) in [7, 11) is 0. The summed E-state index contributed by atoms with van der Waals surface area (Å²) >= 11 is 5.80. The molecule has 0 bridgehead atoms. The second kappa shape index (κ2) is 5.21. The number of nitrogens with zero attached hydrogens (tertiary/aromatic N) is 2. The van der Waals surface area contributed by atoms with Crippen LogP contribution in [0.15, 0.2) is 24.3 Å². The van der Waals surface area contributed by atoms with E-state index in [2.05, 4.69) is 15.5 Å². The standard InChI is InChI=1S/C14H13ClN4O2/c1-8(20)19-6-11-12(7-19)17-18-13(11)16-14(21)9-2-4-10(15)5-3-9/h2-5H,6-7H2,1H3,(H2,16,17,18,21). The molecule has 6 nitrogen and oxygen atoms in total. The average molecular weight is 305 g/mol. The summed E-state index contributed by atoms with van der Waals surface area (Å²) in [6.45, 7) is 2.44. The first-order valence-electron chi connectivity index (χ1n) is 6.43. The van der Waals surface area contributed by atoms with Crippen LogP contribution < -0.4 is 5.32 Å². The summed E-state index contributed by atoms with van der Waals surface area (Å²) in [6, 6.07) is 6.61. The van der Waals surface area contributed by atoms with Crippen molar-refractivity contribution >= 4 is 29.2 Å². The van der Waals surface area contributed by atoms with Crippen molar-refractivity contribution in [3.8, 4) is 0 Å². The highest BCUT2D eigenvalue weighted by molar-refractivity contribution is 6.30. The molecule has 7 heteroatoms. The molecule has 2 amide bonds. The van der Waals surface area contributed by atoms with Gasteiger partial charge in [-0.3, -0.25) is 14.7 Å². The molecule has 0 unspecified atom stereocenters. The number of aromatic amines is 1. The molecule has 21 heavy (non-hydrogen) atoms. The monoisotopic (exact) mass is 304 g/mol. The van der Waals surface area contributed by atoms with Gasteiger partial charge in [0.25, 0.3) is 5.91 Å². The Morgan fingerprint density at radius 3 is 2.67 bits per heavy atom. The van der Waals surface area contributed by atoms with Crippen LogP contribution in [0.4, 0.5) is 5.82 Å². The number of anilines is 1. The van der Waals surface area contributed by atoms with Gasteiger partial charge in [0, 0.05) is 23.1 Å². The predicted octanol–water partition coefficient (Wildman–Crippen LogP) is 2.18. The van der Waals surface area contributed by atoms with Crippen molar-refractivity contribution in [1.82, 2.24) is 15.1 Å². The summed E-state index contributed by atoms with van der Waals surface area (Å²) in [5.74, 6) is 0.274. The van der Waals surface area contributed by atoms with Crippen LogP contribution in [0.1, 0.15) is 28.5 Å². The van der Waals surface area contributed by atoms with Gasteiger partial charge in [-0.05, 0) is 24.3 Å². The highest BCUT2D eigenvalue weighted by Crippen LogP contribution is 2.27. The van der Waals surface area contributed by atoms with E-state index < -0.39 is 0 Å². The molecule has 1 aliphatic heterocycles. The van der Waals surface area contributed by atoms with Crippen LogP contribution in [0, 0.1) is 0 Å². The maximum absolute atomic E-state index is 12.2. The molecule has 0 saturated carbocycles. The van der Waals surface area contributed by atoms with Crippen LogP contribution in [0.2, 0.25) is 5.02 Å². The van der Waals surface area contributed by atoms with Crippen molar-refractivity contribution in [3.63, 3.8) is 0 Å². The quantitative estimate of drug-likeness (QED) is 0.892. The maximum Gasteiger partial charge on any atom is 0.256 e. The lowest BCUT2D eigenvalue weighted by Gasteiger charge is -2.12. The van der Waals surface area contributed by atoms with E-state index in [4.69, 9.17) is 11.6 Å². The Labute approximate surface area is 126 Å². The number of nitrogens with one attached hydrogen (secondary N) is 2. The number of fused-ring (bicyclic) bond motifs is 1. The van der Waals surface area contributed by atoms with E-state index >= 15 is 0 Å². The summed E-state index contributed by atoms with van der Waals surface area (Å²) in [5, 5.41) is 10.3. The SMILES string of the molecule is CC(=O)N1Cc2n[nH]c(NC(=O)c3ccc(Cl)cc3)c2C1. The van der Waals surface area contributed by atoms with Gasteiger partial charge in [-0.1, -0.05) is 11.6 Å². The fraction of sp³-hybridized carbons (Fsp3) is 0.214. The smallest absolute Gasteiger partial charge is 0.256 e. The van der Waals surface area contributed by atoms with Gasteiger partial charge in [-0.2, -0.15) is 5.10 Å². The fourth-order valence-electron chi connectivity index (χ4n) is 2.24. The lowest BCUT2D eigenvalue weighted by Crippen LogP contribution is -2.23. The summed E-state index contributed by atoms with van der Waals surface area (Å²) < 4.78 is 0. The van der Waals surface area contributed by atoms with Crippen molar-refractivity contribution in [2.75, 3.05) is 5.32 Å². The number of amides is 2. The molecule has 1 aliphatic rings. The van der Waals surface area contributed by atoms with Crippen molar-refractivity contribution < 1.29 is 9.59 Å². The molecule has 2 aromatic rings. The lowest BCUT2D eigenvalue weighted by atomic mass is 10.2. The zero-order valence-corrected chi connectivity index (χ0v) is 12.1. The molecule has 0 spiro atoms. The number of hydrogen-bond acceptors (Lipinski definition) is 3. The van der Waals surface area contributed by atoms with Crippen molar-refractivity contribution in [2.24, 2.45) is 0 Å². The first-order valence-corrected chi connectivity index (χ1v) is 6.81. The highest BCUT2D eigenvalue weighted by Gasteiger charge is 2.27. The van der Waals surface area contributed by atoms with E-state index in [1.165, 1.54) is 6.92 Å². The van der Waals surface area contributed by atoms with Crippen LogP contribution in [0.3, 0.4) is 0 Å². The first kappa shape index (κ1) is 13.6. The molecule has 0 fully saturated rings. The second-order valence-corrected chi connectivity index (χ2v) is 5.30. The van der Waals surface area contributed by atoms with E-state index in [-0.39, 0.29) is 11.8 Å². The minimum Gasteiger partial charge on any atom is -0.332 e. The van der Waals surface area contributed by atoms with E-state index in [9.17, 15) is 9.59 Å². The van der Waals surface area contributed by atoms with Gasteiger partial charge in [0.1, 0.15) is 5.82 Å².